The summed E-state index contributed by atoms with van der Waals surface area (Å²) < 4.78 is 0. The first-order valence-corrected chi connectivity index (χ1v) is 5.30. The molecule has 0 atom stereocenters. The van der Waals surface area contributed by atoms with E-state index in [4.69, 9.17) is 5.11 Å². The highest BCUT2D eigenvalue weighted by atomic mass is 32.1. The van der Waals surface area contributed by atoms with Crippen LogP contribution in [-0.4, -0.2) is 17.5 Å². The van der Waals surface area contributed by atoms with E-state index < -0.39 is 0 Å². The fraction of sp³-hybridized carbons (Fsp3) is 0.333. The molecule has 0 aromatic heterocycles. The Hall–Kier alpha value is -0.910. The number of benzene rings is 1. The lowest BCUT2D eigenvalue weighted by Crippen LogP contribution is -1.92. The molecule has 74 valence electrons. The zero-order valence-corrected chi connectivity index (χ0v) is 8.93. The quantitative estimate of drug-likeness (QED) is 0.571. The van der Waals surface area contributed by atoms with Crippen molar-refractivity contribution >= 4 is 12.6 Å². The lowest BCUT2D eigenvalue weighted by Gasteiger charge is -2.02. The Morgan fingerprint density at radius 1 is 1.29 bits per heavy atom. The molecule has 2 heteroatoms. The fourth-order valence-corrected chi connectivity index (χ4v) is 1.34. The summed E-state index contributed by atoms with van der Waals surface area (Å²) >= 11 is 4.04. The molecule has 0 unspecified atom stereocenters. The van der Waals surface area contributed by atoms with Gasteiger partial charge in [-0.15, -0.1) is 0 Å². The third-order valence-corrected chi connectivity index (χ3v) is 2.08. The predicted octanol–water partition coefficient (Wildman–Crippen LogP) is 1.89. The number of aliphatic hydroxyl groups excluding tert-OH is 1. The van der Waals surface area contributed by atoms with Gasteiger partial charge in [0.1, 0.15) is 0 Å². The number of aliphatic hydroxyl groups is 1. The molecule has 0 aliphatic rings. The first-order valence-electron chi connectivity index (χ1n) is 4.67. The first-order chi connectivity index (χ1) is 6.88. The summed E-state index contributed by atoms with van der Waals surface area (Å²) in [5, 5.41) is 8.75. The molecule has 14 heavy (non-hydrogen) atoms. The highest BCUT2D eigenvalue weighted by Gasteiger charge is 1.97. The van der Waals surface area contributed by atoms with Gasteiger partial charge in [-0.1, -0.05) is 30.0 Å². The number of aryl methyl sites for hydroxylation is 1. The molecular formula is C12H14OS. The van der Waals surface area contributed by atoms with Crippen molar-refractivity contribution < 1.29 is 5.11 Å². The van der Waals surface area contributed by atoms with Crippen molar-refractivity contribution in [3.05, 3.63) is 35.4 Å². The second kappa shape index (κ2) is 6.53. The lowest BCUT2D eigenvalue weighted by molar-refractivity contribution is 0.288. The van der Waals surface area contributed by atoms with Crippen LogP contribution in [0.4, 0.5) is 0 Å². The SMILES string of the molecule is OCCCc1ccccc1C#CCS. The van der Waals surface area contributed by atoms with Crippen LogP contribution in [0.5, 0.6) is 0 Å². The van der Waals surface area contributed by atoms with Crippen LogP contribution >= 0.6 is 12.6 Å². The van der Waals surface area contributed by atoms with Gasteiger partial charge in [0.05, 0.1) is 5.75 Å². The third kappa shape index (κ3) is 3.45. The van der Waals surface area contributed by atoms with Gasteiger partial charge in [-0.3, -0.25) is 0 Å². The standard InChI is InChI=1S/C12H14OS/c13-9-3-7-11-5-1-2-6-12(11)8-4-10-14/h1-2,5-6,13-14H,3,7,9-10H2. The number of rotatable bonds is 3. The highest BCUT2D eigenvalue weighted by Crippen LogP contribution is 2.09. The molecule has 1 nitrogen and oxygen atoms in total. The molecule has 0 spiro atoms. The summed E-state index contributed by atoms with van der Waals surface area (Å²) in [5.41, 5.74) is 2.26. The van der Waals surface area contributed by atoms with Crippen LogP contribution in [0, 0.1) is 11.8 Å². The lowest BCUT2D eigenvalue weighted by atomic mass is 10.0. The monoisotopic (exact) mass is 206 g/mol. The summed E-state index contributed by atoms with van der Waals surface area (Å²) in [5.74, 6) is 6.57. The van der Waals surface area contributed by atoms with Gasteiger partial charge in [0, 0.05) is 12.2 Å². The van der Waals surface area contributed by atoms with Crippen LogP contribution in [0.2, 0.25) is 0 Å². The smallest absolute Gasteiger partial charge is 0.0521 e. The maximum Gasteiger partial charge on any atom is 0.0521 e. The van der Waals surface area contributed by atoms with E-state index in [1.165, 1.54) is 5.56 Å². The molecule has 1 aromatic carbocycles. The maximum absolute atomic E-state index is 8.75. The first kappa shape index (κ1) is 11.2. The summed E-state index contributed by atoms with van der Waals surface area (Å²) in [7, 11) is 0. The van der Waals surface area contributed by atoms with E-state index in [-0.39, 0.29) is 6.61 Å². The van der Waals surface area contributed by atoms with E-state index in [2.05, 4.69) is 30.5 Å². The molecule has 1 rings (SSSR count). The van der Waals surface area contributed by atoms with E-state index in [0.717, 1.165) is 18.4 Å². The average Bonchev–Trinajstić information content (AvgIpc) is 2.24. The Balaban J connectivity index is 2.80. The minimum absolute atomic E-state index is 0.230. The molecule has 0 amide bonds. The van der Waals surface area contributed by atoms with Gasteiger partial charge in [0.2, 0.25) is 0 Å². The van der Waals surface area contributed by atoms with Gasteiger partial charge in [0.15, 0.2) is 0 Å². The van der Waals surface area contributed by atoms with Gasteiger partial charge in [-0.05, 0) is 24.5 Å². The average molecular weight is 206 g/mol. The molecule has 1 aromatic rings. The molecule has 0 fully saturated rings. The van der Waals surface area contributed by atoms with E-state index in [9.17, 15) is 0 Å². The number of hydrogen-bond acceptors (Lipinski definition) is 2. The van der Waals surface area contributed by atoms with E-state index in [1.807, 2.05) is 18.2 Å². The molecule has 0 saturated carbocycles. The van der Waals surface area contributed by atoms with Crippen molar-refractivity contribution in [2.24, 2.45) is 0 Å². The van der Waals surface area contributed by atoms with Crippen molar-refractivity contribution in [3.63, 3.8) is 0 Å². The molecule has 1 N–H and O–H groups in total. The Bertz CT molecular complexity index is 336. The van der Waals surface area contributed by atoms with Crippen molar-refractivity contribution in [2.75, 3.05) is 12.4 Å². The Morgan fingerprint density at radius 3 is 2.79 bits per heavy atom. The Labute approximate surface area is 90.6 Å². The van der Waals surface area contributed by atoms with Crippen molar-refractivity contribution in [1.29, 1.82) is 0 Å². The van der Waals surface area contributed by atoms with Crippen molar-refractivity contribution in [3.8, 4) is 11.8 Å². The molecule has 0 bridgehead atoms. The van der Waals surface area contributed by atoms with Crippen LogP contribution in [-0.2, 0) is 6.42 Å². The van der Waals surface area contributed by atoms with Crippen LogP contribution in [0.25, 0.3) is 0 Å². The normalized spacial score (nSPS) is 9.29. The topological polar surface area (TPSA) is 20.2 Å². The summed E-state index contributed by atoms with van der Waals surface area (Å²) in [4.78, 5) is 0. The van der Waals surface area contributed by atoms with Gasteiger partial charge in [-0.25, -0.2) is 0 Å². The van der Waals surface area contributed by atoms with E-state index in [1.54, 1.807) is 0 Å². The van der Waals surface area contributed by atoms with Crippen molar-refractivity contribution in [2.45, 2.75) is 12.8 Å². The second-order valence-electron chi connectivity index (χ2n) is 2.94. The zero-order chi connectivity index (χ0) is 10.2. The van der Waals surface area contributed by atoms with E-state index in [0.29, 0.717) is 5.75 Å². The minimum atomic E-state index is 0.230. The van der Waals surface area contributed by atoms with E-state index >= 15 is 0 Å². The molecular weight excluding hydrogens is 192 g/mol. The second-order valence-corrected chi connectivity index (χ2v) is 3.26. The van der Waals surface area contributed by atoms with Crippen molar-refractivity contribution in [1.82, 2.24) is 0 Å². The highest BCUT2D eigenvalue weighted by molar-refractivity contribution is 7.80. The summed E-state index contributed by atoms with van der Waals surface area (Å²) in [6.45, 7) is 0.230. The predicted molar refractivity (Wildman–Crippen MR) is 62.6 cm³/mol. The van der Waals surface area contributed by atoms with Crippen LogP contribution in [0.3, 0.4) is 0 Å². The van der Waals surface area contributed by atoms with Gasteiger partial charge in [-0.2, -0.15) is 12.6 Å². The van der Waals surface area contributed by atoms with Gasteiger partial charge < -0.3 is 5.11 Å². The molecule has 0 aliphatic heterocycles. The Kier molecular flexibility index (Phi) is 5.21. The Morgan fingerprint density at radius 2 is 2.07 bits per heavy atom. The number of thiol groups is 1. The summed E-state index contributed by atoms with van der Waals surface area (Å²) in [6, 6.07) is 8.03. The third-order valence-electron chi connectivity index (χ3n) is 1.92. The molecule has 0 radical (unpaired) electrons. The van der Waals surface area contributed by atoms with Crippen LogP contribution in [0.15, 0.2) is 24.3 Å². The molecule has 0 aliphatic carbocycles. The van der Waals surface area contributed by atoms with Crippen LogP contribution < -0.4 is 0 Å². The number of hydrogen-bond donors (Lipinski definition) is 2. The summed E-state index contributed by atoms with van der Waals surface area (Å²) in [6.07, 6.45) is 1.67. The molecule has 0 saturated heterocycles. The van der Waals surface area contributed by atoms with Crippen LogP contribution in [0.1, 0.15) is 17.5 Å². The zero-order valence-electron chi connectivity index (χ0n) is 8.03. The molecule has 0 heterocycles. The van der Waals surface area contributed by atoms with Gasteiger partial charge in [0.25, 0.3) is 0 Å². The minimum Gasteiger partial charge on any atom is -0.396 e. The fourth-order valence-electron chi connectivity index (χ4n) is 1.26. The largest absolute Gasteiger partial charge is 0.396 e. The van der Waals surface area contributed by atoms with Gasteiger partial charge >= 0.3 is 0 Å². The maximum atomic E-state index is 8.75.